The first kappa shape index (κ1) is 8.82. The van der Waals surface area contributed by atoms with Crippen LogP contribution in [-0.2, 0) is 5.60 Å². The van der Waals surface area contributed by atoms with E-state index in [1.54, 1.807) is 12.5 Å². The van der Waals surface area contributed by atoms with Gasteiger partial charge in [-0.25, -0.2) is 0 Å². The van der Waals surface area contributed by atoms with E-state index in [1.165, 1.54) is 0 Å². The van der Waals surface area contributed by atoms with Crippen molar-refractivity contribution in [2.24, 2.45) is 5.41 Å². The topological polar surface area (TPSA) is 33.4 Å². The van der Waals surface area contributed by atoms with Gasteiger partial charge < -0.3 is 9.52 Å². The molecule has 1 aliphatic carbocycles. The molecule has 0 spiro atoms. The van der Waals surface area contributed by atoms with Crippen LogP contribution in [0.2, 0.25) is 0 Å². The molecule has 2 rings (SSSR count). The normalized spacial score (nSPS) is 31.4. The van der Waals surface area contributed by atoms with Crippen LogP contribution in [-0.4, -0.2) is 5.11 Å². The minimum atomic E-state index is -0.663. The molecule has 1 aromatic heterocycles. The van der Waals surface area contributed by atoms with Crippen molar-refractivity contribution in [3.63, 3.8) is 0 Å². The third-order valence-electron chi connectivity index (χ3n) is 3.53. The monoisotopic (exact) mass is 180 g/mol. The maximum absolute atomic E-state index is 10.4. The summed E-state index contributed by atoms with van der Waals surface area (Å²) in [7, 11) is 0. The van der Waals surface area contributed by atoms with Gasteiger partial charge in [0.1, 0.15) is 0 Å². The van der Waals surface area contributed by atoms with Gasteiger partial charge in [-0.3, -0.25) is 0 Å². The highest BCUT2D eigenvalue weighted by Gasteiger charge is 2.53. The van der Waals surface area contributed by atoms with Crippen molar-refractivity contribution < 1.29 is 9.52 Å². The predicted molar refractivity (Wildman–Crippen MR) is 50.4 cm³/mol. The second-order valence-electron chi connectivity index (χ2n) is 4.71. The van der Waals surface area contributed by atoms with E-state index in [0.717, 1.165) is 24.0 Å². The zero-order valence-corrected chi connectivity index (χ0v) is 8.42. The molecule has 1 saturated carbocycles. The van der Waals surface area contributed by atoms with E-state index in [-0.39, 0.29) is 5.41 Å². The molecule has 1 aliphatic rings. The second-order valence-corrected chi connectivity index (χ2v) is 4.71. The Morgan fingerprint density at radius 1 is 1.31 bits per heavy atom. The van der Waals surface area contributed by atoms with Gasteiger partial charge in [0.2, 0.25) is 0 Å². The van der Waals surface area contributed by atoms with E-state index in [0.29, 0.717) is 0 Å². The quantitative estimate of drug-likeness (QED) is 0.720. The Morgan fingerprint density at radius 2 is 2.00 bits per heavy atom. The summed E-state index contributed by atoms with van der Waals surface area (Å²) in [4.78, 5) is 0. The molecule has 0 aliphatic heterocycles. The molecule has 1 aromatic rings. The van der Waals surface area contributed by atoms with Crippen LogP contribution in [0.5, 0.6) is 0 Å². The smallest absolute Gasteiger partial charge is 0.0980 e. The lowest BCUT2D eigenvalue weighted by Gasteiger charge is -2.52. The van der Waals surface area contributed by atoms with Crippen LogP contribution in [0.3, 0.4) is 0 Å². The van der Waals surface area contributed by atoms with Gasteiger partial charge in [-0.15, -0.1) is 0 Å². The van der Waals surface area contributed by atoms with Gasteiger partial charge in [-0.1, -0.05) is 13.8 Å². The molecular formula is C11H16O2. The molecule has 72 valence electrons. The zero-order chi connectivity index (χ0) is 9.69. The van der Waals surface area contributed by atoms with Crippen LogP contribution in [0.1, 0.15) is 37.8 Å². The van der Waals surface area contributed by atoms with Crippen LogP contribution in [0.15, 0.2) is 16.9 Å². The fraction of sp³-hybridized carbons (Fsp3) is 0.636. The number of aryl methyl sites for hydroxylation is 1. The summed E-state index contributed by atoms with van der Waals surface area (Å²) in [6.07, 6.45) is 5.30. The Morgan fingerprint density at radius 3 is 2.31 bits per heavy atom. The van der Waals surface area contributed by atoms with Crippen molar-refractivity contribution in [1.82, 2.24) is 0 Å². The molecule has 13 heavy (non-hydrogen) atoms. The van der Waals surface area contributed by atoms with Gasteiger partial charge in [-0.05, 0) is 30.7 Å². The lowest BCUT2D eigenvalue weighted by molar-refractivity contribution is -0.156. The Hall–Kier alpha value is -0.760. The molecule has 2 heteroatoms. The summed E-state index contributed by atoms with van der Waals surface area (Å²) < 4.78 is 5.10. The van der Waals surface area contributed by atoms with E-state index in [1.807, 2.05) is 6.92 Å². The van der Waals surface area contributed by atoms with Gasteiger partial charge >= 0.3 is 0 Å². The van der Waals surface area contributed by atoms with Crippen LogP contribution >= 0.6 is 0 Å². The highest BCUT2D eigenvalue weighted by molar-refractivity contribution is 5.31. The predicted octanol–water partition coefficient (Wildman–Crippen LogP) is 2.60. The molecule has 1 atom stereocenters. The molecule has 1 heterocycles. The SMILES string of the molecule is Cc1cocc1C1(O)CCC1(C)C. The molecule has 0 radical (unpaired) electrons. The van der Waals surface area contributed by atoms with Crippen molar-refractivity contribution in [1.29, 1.82) is 0 Å². The van der Waals surface area contributed by atoms with Crippen LogP contribution in [0, 0.1) is 12.3 Å². The maximum Gasteiger partial charge on any atom is 0.0980 e. The Kier molecular flexibility index (Phi) is 1.62. The van der Waals surface area contributed by atoms with Gasteiger partial charge in [0.15, 0.2) is 0 Å². The van der Waals surface area contributed by atoms with Crippen molar-refractivity contribution >= 4 is 0 Å². The Labute approximate surface area is 78.6 Å². The van der Waals surface area contributed by atoms with Crippen LogP contribution in [0.4, 0.5) is 0 Å². The largest absolute Gasteiger partial charge is 0.472 e. The first-order valence-corrected chi connectivity index (χ1v) is 4.73. The third-order valence-corrected chi connectivity index (χ3v) is 3.53. The van der Waals surface area contributed by atoms with Gasteiger partial charge in [0, 0.05) is 5.56 Å². The fourth-order valence-corrected chi connectivity index (χ4v) is 2.15. The van der Waals surface area contributed by atoms with Crippen molar-refractivity contribution in [3.8, 4) is 0 Å². The number of hydrogen-bond acceptors (Lipinski definition) is 2. The molecule has 0 aromatic carbocycles. The minimum Gasteiger partial charge on any atom is -0.472 e. The average molecular weight is 180 g/mol. The Bertz CT molecular complexity index is 325. The molecule has 0 amide bonds. The maximum atomic E-state index is 10.4. The molecular weight excluding hydrogens is 164 g/mol. The average Bonchev–Trinajstić information content (AvgIpc) is 2.48. The first-order chi connectivity index (χ1) is 5.97. The number of hydrogen-bond donors (Lipinski definition) is 1. The number of rotatable bonds is 1. The van der Waals surface area contributed by atoms with Gasteiger partial charge in [0.25, 0.3) is 0 Å². The van der Waals surface area contributed by atoms with E-state index in [4.69, 9.17) is 4.42 Å². The van der Waals surface area contributed by atoms with Gasteiger partial charge in [0.05, 0.1) is 18.1 Å². The van der Waals surface area contributed by atoms with E-state index in [2.05, 4.69) is 13.8 Å². The second kappa shape index (κ2) is 2.38. The van der Waals surface area contributed by atoms with Crippen molar-refractivity contribution in [2.75, 3.05) is 0 Å². The van der Waals surface area contributed by atoms with Crippen molar-refractivity contribution in [2.45, 2.75) is 39.2 Å². The number of aliphatic hydroxyl groups is 1. The molecule has 1 N–H and O–H groups in total. The van der Waals surface area contributed by atoms with Gasteiger partial charge in [-0.2, -0.15) is 0 Å². The van der Waals surface area contributed by atoms with E-state index in [9.17, 15) is 5.11 Å². The summed E-state index contributed by atoms with van der Waals surface area (Å²) in [5.74, 6) is 0. The summed E-state index contributed by atoms with van der Waals surface area (Å²) in [5.41, 5.74) is 1.34. The molecule has 0 saturated heterocycles. The van der Waals surface area contributed by atoms with Crippen molar-refractivity contribution in [3.05, 3.63) is 23.7 Å². The standard InChI is InChI=1S/C11H16O2/c1-8-6-13-7-9(8)11(12)5-4-10(11,2)3/h6-7,12H,4-5H2,1-3H3. The molecule has 2 nitrogen and oxygen atoms in total. The van der Waals surface area contributed by atoms with E-state index >= 15 is 0 Å². The highest BCUT2D eigenvalue weighted by Crippen LogP contribution is 2.56. The molecule has 1 unspecified atom stereocenters. The summed E-state index contributed by atoms with van der Waals surface area (Å²) in [5, 5.41) is 10.4. The Balaban J connectivity index is 2.42. The van der Waals surface area contributed by atoms with Crippen LogP contribution < -0.4 is 0 Å². The van der Waals surface area contributed by atoms with E-state index < -0.39 is 5.60 Å². The fourth-order valence-electron chi connectivity index (χ4n) is 2.15. The zero-order valence-electron chi connectivity index (χ0n) is 8.42. The summed E-state index contributed by atoms with van der Waals surface area (Å²) in [6, 6.07) is 0. The first-order valence-electron chi connectivity index (χ1n) is 4.73. The lowest BCUT2D eigenvalue weighted by Crippen LogP contribution is -2.51. The summed E-state index contributed by atoms with van der Waals surface area (Å²) in [6.45, 7) is 6.18. The highest BCUT2D eigenvalue weighted by atomic mass is 16.3. The molecule has 1 fully saturated rings. The molecule has 0 bridgehead atoms. The number of furan rings is 1. The van der Waals surface area contributed by atoms with Crippen LogP contribution in [0.25, 0.3) is 0 Å². The minimum absolute atomic E-state index is 0.0123. The lowest BCUT2D eigenvalue weighted by atomic mass is 9.56. The summed E-state index contributed by atoms with van der Waals surface area (Å²) >= 11 is 0. The third kappa shape index (κ3) is 0.983.